The molecule has 0 radical (unpaired) electrons. The summed E-state index contributed by atoms with van der Waals surface area (Å²) in [5.41, 5.74) is 0. The highest BCUT2D eigenvalue weighted by atomic mass is 16.7. The van der Waals surface area contributed by atoms with Crippen molar-refractivity contribution in [3.63, 3.8) is 0 Å². The van der Waals surface area contributed by atoms with Gasteiger partial charge >= 0.3 is 0 Å². The quantitative estimate of drug-likeness (QED) is 0.321. The van der Waals surface area contributed by atoms with Gasteiger partial charge in [-0.2, -0.15) is 0 Å². The molecule has 0 N–H and O–H groups in total. The van der Waals surface area contributed by atoms with Gasteiger partial charge in [-0.3, -0.25) is 0 Å². The first-order valence-corrected chi connectivity index (χ1v) is 4.72. The van der Waals surface area contributed by atoms with Crippen molar-refractivity contribution in [1.82, 2.24) is 0 Å². The van der Waals surface area contributed by atoms with Gasteiger partial charge in [0.25, 0.3) is 0 Å². The normalized spacial score (nSPS) is 10.2. The zero-order chi connectivity index (χ0) is 9.23. The van der Waals surface area contributed by atoms with E-state index in [9.17, 15) is 4.91 Å². The van der Waals surface area contributed by atoms with E-state index in [2.05, 4.69) is 24.0 Å². The molecule has 0 aromatic carbocycles. The first-order valence-electron chi connectivity index (χ1n) is 4.72. The molecule has 0 aliphatic carbocycles. The molecule has 0 saturated carbocycles. The molecule has 0 aromatic heterocycles. The average molecular weight is 173 g/mol. The molecule has 0 amide bonds. The van der Waals surface area contributed by atoms with Crippen LogP contribution in [0.1, 0.15) is 46.0 Å². The Labute approximate surface area is 74.4 Å². The number of hydrogen-bond acceptors (Lipinski definition) is 3. The topological polar surface area (TPSA) is 38.7 Å². The molecule has 0 aliphatic rings. The number of nitrogens with zero attached hydrogens (tertiary/aromatic N) is 1. The van der Waals surface area contributed by atoms with E-state index < -0.39 is 0 Å². The van der Waals surface area contributed by atoms with Crippen LogP contribution in [0.3, 0.4) is 0 Å². The molecule has 0 saturated heterocycles. The summed E-state index contributed by atoms with van der Waals surface area (Å²) < 4.78 is 0. The van der Waals surface area contributed by atoms with Crippen LogP contribution in [0.5, 0.6) is 0 Å². The Morgan fingerprint density at radius 1 is 1.17 bits per heavy atom. The highest BCUT2D eigenvalue weighted by Crippen LogP contribution is 2.09. The van der Waals surface area contributed by atoms with Crippen molar-refractivity contribution < 1.29 is 4.84 Å². The van der Waals surface area contributed by atoms with E-state index in [0.29, 0.717) is 6.61 Å². The Morgan fingerprint density at radius 2 is 1.83 bits per heavy atom. The molecule has 0 aromatic rings. The predicted molar refractivity (Wildman–Crippen MR) is 49.7 cm³/mol. The average Bonchev–Trinajstić information content (AvgIpc) is 2.02. The van der Waals surface area contributed by atoms with Crippen molar-refractivity contribution in [1.29, 1.82) is 0 Å². The van der Waals surface area contributed by atoms with E-state index in [1.807, 2.05) is 0 Å². The molecule has 0 aliphatic heterocycles. The largest absolute Gasteiger partial charge is 0.364 e. The third-order valence-corrected chi connectivity index (χ3v) is 1.82. The maximum absolute atomic E-state index is 9.51. The highest BCUT2D eigenvalue weighted by Gasteiger charge is 1.94. The second-order valence-corrected chi connectivity index (χ2v) is 3.50. The third kappa shape index (κ3) is 9.40. The lowest BCUT2D eigenvalue weighted by molar-refractivity contribution is 0.135. The fourth-order valence-electron chi connectivity index (χ4n) is 1.11. The summed E-state index contributed by atoms with van der Waals surface area (Å²) >= 11 is 0. The minimum atomic E-state index is 0.477. The SMILES string of the molecule is CC(C)CCCCCCON=O. The first kappa shape index (κ1) is 11.4. The Balaban J connectivity index is 2.86. The molecule has 0 bridgehead atoms. The minimum Gasteiger partial charge on any atom is -0.364 e. The van der Waals surface area contributed by atoms with Crippen LogP contribution in [0.25, 0.3) is 0 Å². The number of hydrogen-bond donors (Lipinski definition) is 0. The fraction of sp³-hybridized carbons (Fsp3) is 1.00. The summed E-state index contributed by atoms with van der Waals surface area (Å²) in [5, 5.41) is 2.33. The van der Waals surface area contributed by atoms with Crippen molar-refractivity contribution in [3.8, 4) is 0 Å². The van der Waals surface area contributed by atoms with Gasteiger partial charge in [0.05, 0.1) is 0 Å². The molecule has 3 nitrogen and oxygen atoms in total. The summed E-state index contributed by atoms with van der Waals surface area (Å²) in [7, 11) is 0. The van der Waals surface area contributed by atoms with E-state index in [0.717, 1.165) is 18.8 Å². The third-order valence-electron chi connectivity index (χ3n) is 1.82. The number of unbranched alkanes of at least 4 members (excludes halogenated alkanes) is 3. The Bertz CT molecular complexity index is 105. The van der Waals surface area contributed by atoms with Crippen molar-refractivity contribution in [2.45, 2.75) is 46.0 Å². The summed E-state index contributed by atoms with van der Waals surface area (Å²) in [6.45, 7) is 4.95. The molecular weight excluding hydrogens is 154 g/mol. The van der Waals surface area contributed by atoms with Gasteiger partial charge in [-0.25, -0.2) is 0 Å². The Morgan fingerprint density at radius 3 is 2.42 bits per heavy atom. The zero-order valence-electron chi connectivity index (χ0n) is 8.08. The van der Waals surface area contributed by atoms with Gasteiger partial charge in [0, 0.05) is 0 Å². The molecular formula is C9H19NO2. The van der Waals surface area contributed by atoms with Gasteiger partial charge in [0.15, 0.2) is 5.34 Å². The van der Waals surface area contributed by atoms with Gasteiger partial charge in [0.2, 0.25) is 0 Å². The van der Waals surface area contributed by atoms with Crippen LogP contribution in [0.4, 0.5) is 0 Å². The van der Waals surface area contributed by atoms with Crippen LogP contribution in [0.2, 0.25) is 0 Å². The van der Waals surface area contributed by atoms with Crippen LogP contribution in [0.15, 0.2) is 5.34 Å². The molecule has 12 heavy (non-hydrogen) atoms. The molecule has 0 spiro atoms. The minimum absolute atomic E-state index is 0.477. The summed E-state index contributed by atoms with van der Waals surface area (Å²) in [6.07, 6.45) is 5.91. The van der Waals surface area contributed by atoms with Gasteiger partial charge < -0.3 is 4.84 Å². The molecule has 0 rings (SSSR count). The summed E-state index contributed by atoms with van der Waals surface area (Å²) in [5.74, 6) is 0.804. The van der Waals surface area contributed by atoms with Crippen molar-refractivity contribution in [2.75, 3.05) is 6.61 Å². The molecule has 0 atom stereocenters. The van der Waals surface area contributed by atoms with Gasteiger partial charge in [-0.1, -0.05) is 33.1 Å². The second-order valence-electron chi connectivity index (χ2n) is 3.50. The summed E-state index contributed by atoms with van der Waals surface area (Å²) in [4.78, 5) is 13.8. The molecule has 72 valence electrons. The molecule has 0 fully saturated rings. The number of rotatable bonds is 8. The van der Waals surface area contributed by atoms with Crippen molar-refractivity contribution in [2.24, 2.45) is 11.3 Å². The van der Waals surface area contributed by atoms with Gasteiger partial charge in [-0.15, -0.1) is 4.91 Å². The highest BCUT2D eigenvalue weighted by molar-refractivity contribution is 4.47. The monoisotopic (exact) mass is 173 g/mol. The Hall–Kier alpha value is -0.600. The van der Waals surface area contributed by atoms with E-state index >= 15 is 0 Å². The predicted octanol–water partition coefficient (Wildman–Crippen LogP) is 3.29. The van der Waals surface area contributed by atoms with Gasteiger partial charge in [-0.05, 0) is 18.8 Å². The lowest BCUT2D eigenvalue weighted by Gasteiger charge is -2.02. The standard InChI is InChI=1S/C9H19NO2/c1-9(2)7-5-3-4-6-8-12-10-11/h9H,3-8H2,1-2H3. The van der Waals surface area contributed by atoms with E-state index in [1.165, 1.54) is 19.3 Å². The molecule has 0 unspecified atom stereocenters. The maximum Gasteiger partial charge on any atom is 0.155 e. The van der Waals surface area contributed by atoms with E-state index in [4.69, 9.17) is 0 Å². The summed E-state index contributed by atoms with van der Waals surface area (Å²) in [6, 6.07) is 0. The van der Waals surface area contributed by atoms with E-state index in [-0.39, 0.29) is 0 Å². The molecule has 0 heterocycles. The van der Waals surface area contributed by atoms with Gasteiger partial charge in [0.1, 0.15) is 6.61 Å². The van der Waals surface area contributed by atoms with Crippen LogP contribution in [-0.4, -0.2) is 6.61 Å². The zero-order valence-corrected chi connectivity index (χ0v) is 8.08. The lowest BCUT2D eigenvalue weighted by Crippen LogP contribution is -1.89. The van der Waals surface area contributed by atoms with Crippen LogP contribution < -0.4 is 0 Å². The smallest absolute Gasteiger partial charge is 0.155 e. The lowest BCUT2D eigenvalue weighted by atomic mass is 10.0. The van der Waals surface area contributed by atoms with Crippen LogP contribution in [0, 0.1) is 10.8 Å². The fourth-order valence-corrected chi connectivity index (χ4v) is 1.11. The molecule has 3 heteroatoms. The maximum atomic E-state index is 9.51. The van der Waals surface area contributed by atoms with Crippen LogP contribution >= 0.6 is 0 Å². The Kier molecular flexibility index (Phi) is 8.07. The van der Waals surface area contributed by atoms with E-state index in [1.54, 1.807) is 0 Å². The second kappa shape index (κ2) is 8.50. The van der Waals surface area contributed by atoms with Crippen LogP contribution in [-0.2, 0) is 4.84 Å². The van der Waals surface area contributed by atoms with Crippen molar-refractivity contribution in [3.05, 3.63) is 4.91 Å². The van der Waals surface area contributed by atoms with Crippen molar-refractivity contribution >= 4 is 0 Å². The first-order chi connectivity index (χ1) is 5.77.